The third-order valence-electron chi connectivity index (χ3n) is 3.96. The first kappa shape index (κ1) is 19.8. The van der Waals surface area contributed by atoms with Crippen LogP contribution < -0.4 is 14.8 Å². The maximum Gasteiger partial charge on any atom is 0.234 e. The number of carbonyl (C=O) groups is 1. The largest absolute Gasteiger partial charge is 0.497 e. The van der Waals surface area contributed by atoms with Gasteiger partial charge in [-0.05, 0) is 29.8 Å². The van der Waals surface area contributed by atoms with Crippen molar-refractivity contribution in [1.29, 1.82) is 0 Å². The molecule has 1 aromatic heterocycles. The summed E-state index contributed by atoms with van der Waals surface area (Å²) < 4.78 is 25.4. The van der Waals surface area contributed by atoms with E-state index in [9.17, 15) is 9.18 Å². The van der Waals surface area contributed by atoms with E-state index in [1.54, 1.807) is 50.7 Å². The van der Waals surface area contributed by atoms with Crippen LogP contribution in [0.4, 0.5) is 10.1 Å². The van der Waals surface area contributed by atoms with Crippen LogP contribution in [0.5, 0.6) is 11.5 Å². The molecule has 0 spiro atoms. The second kappa shape index (κ2) is 9.27. The molecule has 0 unspecified atom stereocenters. The van der Waals surface area contributed by atoms with Crippen LogP contribution in [0.15, 0.2) is 60.0 Å². The monoisotopic (exact) mass is 401 g/mol. The number of thioether (sulfide) groups is 1. The lowest BCUT2D eigenvalue weighted by Crippen LogP contribution is -2.15. The van der Waals surface area contributed by atoms with Gasteiger partial charge in [0.1, 0.15) is 17.3 Å². The molecule has 6 nitrogen and oxygen atoms in total. The van der Waals surface area contributed by atoms with Gasteiger partial charge in [-0.1, -0.05) is 23.9 Å². The third-order valence-corrected chi connectivity index (χ3v) is 4.96. The van der Waals surface area contributed by atoms with Crippen molar-refractivity contribution in [2.75, 3.05) is 25.3 Å². The highest BCUT2D eigenvalue weighted by atomic mass is 32.2. The van der Waals surface area contributed by atoms with Gasteiger partial charge in [0.2, 0.25) is 5.91 Å². The normalized spacial score (nSPS) is 10.5. The molecule has 0 radical (unpaired) electrons. The van der Waals surface area contributed by atoms with Crippen molar-refractivity contribution < 1.29 is 18.7 Å². The van der Waals surface area contributed by atoms with Gasteiger partial charge in [0.05, 0.1) is 25.7 Å². The molecule has 1 N–H and O–H groups in total. The topological polar surface area (TPSA) is 65.4 Å². The third kappa shape index (κ3) is 5.04. The second-order valence-electron chi connectivity index (χ2n) is 5.87. The van der Waals surface area contributed by atoms with E-state index < -0.39 is 0 Å². The van der Waals surface area contributed by atoms with E-state index in [1.807, 2.05) is 10.8 Å². The standard InChI is InChI=1S/C20H20FN3O3S/c1-26-16-7-8-18(27-2)17(11-16)23-19(25)13-28-20-22-9-10-24(20)12-14-3-5-15(21)6-4-14/h3-11H,12-13H2,1-2H3,(H,23,25). The molecule has 0 aliphatic carbocycles. The van der Waals surface area contributed by atoms with Gasteiger partial charge >= 0.3 is 0 Å². The number of ether oxygens (including phenoxy) is 2. The van der Waals surface area contributed by atoms with Gasteiger partial charge in [0.25, 0.3) is 0 Å². The molecule has 0 atom stereocenters. The molecule has 8 heteroatoms. The first-order valence-corrected chi connectivity index (χ1v) is 9.48. The van der Waals surface area contributed by atoms with Crippen LogP contribution in [-0.2, 0) is 11.3 Å². The van der Waals surface area contributed by atoms with E-state index in [-0.39, 0.29) is 17.5 Å². The number of carbonyl (C=O) groups excluding carboxylic acids is 1. The van der Waals surface area contributed by atoms with Crippen LogP contribution >= 0.6 is 11.8 Å². The number of anilines is 1. The summed E-state index contributed by atoms with van der Waals surface area (Å²) in [5, 5.41) is 3.54. The summed E-state index contributed by atoms with van der Waals surface area (Å²) >= 11 is 1.32. The van der Waals surface area contributed by atoms with E-state index in [0.29, 0.717) is 28.9 Å². The molecule has 28 heavy (non-hydrogen) atoms. The summed E-state index contributed by atoms with van der Waals surface area (Å²) in [4.78, 5) is 16.7. The molecule has 1 amide bonds. The maximum atomic E-state index is 13.1. The first-order valence-electron chi connectivity index (χ1n) is 8.49. The number of nitrogens with one attached hydrogen (secondary N) is 1. The average molecular weight is 401 g/mol. The van der Waals surface area contributed by atoms with Gasteiger partial charge in [0, 0.05) is 25.0 Å². The van der Waals surface area contributed by atoms with Crippen molar-refractivity contribution in [3.8, 4) is 11.5 Å². The van der Waals surface area contributed by atoms with Gasteiger partial charge in [-0.3, -0.25) is 4.79 Å². The van der Waals surface area contributed by atoms with Crippen LogP contribution in [0.2, 0.25) is 0 Å². The van der Waals surface area contributed by atoms with Crippen molar-refractivity contribution >= 4 is 23.4 Å². The highest BCUT2D eigenvalue weighted by molar-refractivity contribution is 7.99. The van der Waals surface area contributed by atoms with Crippen LogP contribution in [0, 0.1) is 5.82 Å². The summed E-state index contributed by atoms with van der Waals surface area (Å²) in [7, 11) is 3.10. The van der Waals surface area contributed by atoms with Crippen molar-refractivity contribution in [3.05, 3.63) is 66.2 Å². The predicted octanol–water partition coefficient (Wildman–Crippen LogP) is 3.82. The fraction of sp³-hybridized carbons (Fsp3) is 0.200. The number of rotatable bonds is 8. The highest BCUT2D eigenvalue weighted by Crippen LogP contribution is 2.29. The minimum atomic E-state index is -0.270. The molecule has 3 rings (SSSR count). The molecule has 3 aromatic rings. The Morgan fingerprint density at radius 3 is 2.68 bits per heavy atom. The Labute approximate surface area is 166 Å². The average Bonchev–Trinajstić information content (AvgIpc) is 3.15. The summed E-state index contributed by atoms with van der Waals surface area (Å²) in [6.45, 7) is 0.550. The number of hydrogen-bond donors (Lipinski definition) is 1. The quantitative estimate of drug-likeness (QED) is 0.582. The summed E-state index contributed by atoms with van der Waals surface area (Å²) in [6, 6.07) is 11.5. The van der Waals surface area contributed by atoms with Crippen LogP contribution in [0.25, 0.3) is 0 Å². The Bertz CT molecular complexity index is 944. The lowest BCUT2D eigenvalue weighted by atomic mass is 10.2. The van der Waals surface area contributed by atoms with Gasteiger partial charge in [-0.15, -0.1) is 0 Å². The molecule has 0 aliphatic rings. The molecular weight excluding hydrogens is 381 g/mol. The number of nitrogens with zero attached hydrogens (tertiary/aromatic N) is 2. The molecule has 0 saturated carbocycles. The van der Waals surface area contributed by atoms with Gasteiger partial charge in [0.15, 0.2) is 5.16 Å². The predicted molar refractivity (Wildman–Crippen MR) is 107 cm³/mol. The van der Waals surface area contributed by atoms with Crippen molar-refractivity contribution in [3.63, 3.8) is 0 Å². The molecule has 0 bridgehead atoms. The Hall–Kier alpha value is -3.00. The fourth-order valence-electron chi connectivity index (χ4n) is 2.57. The van der Waals surface area contributed by atoms with Crippen molar-refractivity contribution in [1.82, 2.24) is 9.55 Å². The van der Waals surface area contributed by atoms with E-state index in [0.717, 1.165) is 5.56 Å². The second-order valence-corrected chi connectivity index (χ2v) is 6.81. The zero-order valence-electron chi connectivity index (χ0n) is 15.5. The van der Waals surface area contributed by atoms with E-state index in [4.69, 9.17) is 9.47 Å². The smallest absolute Gasteiger partial charge is 0.234 e. The SMILES string of the molecule is COc1ccc(OC)c(NC(=O)CSc2nccn2Cc2ccc(F)cc2)c1. The first-order chi connectivity index (χ1) is 13.6. The summed E-state index contributed by atoms with van der Waals surface area (Å²) in [6.07, 6.45) is 3.50. The number of amides is 1. The molecule has 0 saturated heterocycles. The number of benzene rings is 2. The van der Waals surface area contributed by atoms with E-state index >= 15 is 0 Å². The molecule has 1 heterocycles. The zero-order valence-corrected chi connectivity index (χ0v) is 16.3. The Morgan fingerprint density at radius 1 is 1.18 bits per heavy atom. The van der Waals surface area contributed by atoms with E-state index in [2.05, 4.69) is 10.3 Å². The molecule has 2 aromatic carbocycles. The molecule has 0 fully saturated rings. The Kier molecular flexibility index (Phi) is 6.54. The van der Waals surface area contributed by atoms with Crippen LogP contribution in [-0.4, -0.2) is 35.4 Å². The number of imidazole rings is 1. The fourth-order valence-corrected chi connectivity index (χ4v) is 3.33. The minimum Gasteiger partial charge on any atom is -0.497 e. The van der Waals surface area contributed by atoms with Crippen LogP contribution in [0.1, 0.15) is 5.56 Å². The highest BCUT2D eigenvalue weighted by Gasteiger charge is 2.12. The van der Waals surface area contributed by atoms with E-state index in [1.165, 1.54) is 23.9 Å². The maximum absolute atomic E-state index is 13.1. The number of hydrogen-bond acceptors (Lipinski definition) is 5. The van der Waals surface area contributed by atoms with Gasteiger partial charge in [-0.25, -0.2) is 9.37 Å². The Morgan fingerprint density at radius 2 is 1.96 bits per heavy atom. The molecular formula is C20H20FN3O3S. The summed E-state index contributed by atoms with van der Waals surface area (Å²) in [5.41, 5.74) is 1.49. The number of halogens is 1. The Balaban J connectivity index is 1.61. The lowest BCUT2D eigenvalue weighted by molar-refractivity contribution is -0.113. The van der Waals surface area contributed by atoms with Gasteiger partial charge in [-0.2, -0.15) is 0 Å². The minimum absolute atomic E-state index is 0.181. The lowest BCUT2D eigenvalue weighted by Gasteiger charge is -2.12. The number of aromatic nitrogens is 2. The van der Waals surface area contributed by atoms with Crippen molar-refractivity contribution in [2.24, 2.45) is 0 Å². The van der Waals surface area contributed by atoms with Gasteiger partial charge < -0.3 is 19.4 Å². The number of methoxy groups -OCH3 is 2. The van der Waals surface area contributed by atoms with Crippen LogP contribution in [0.3, 0.4) is 0 Å². The summed E-state index contributed by atoms with van der Waals surface area (Å²) in [5.74, 6) is 0.901. The zero-order chi connectivity index (χ0) is 19.9. The van der Waals surface area contributed by atoms with Crippen molar-refractivity contribution in [2.45, 2.75) is 11.7 Å². The molecule has 146 valence electrons. The molecule has 0 aliphatic heterocycles.